The van der Waals surface area contributed by atoms with E-state index < -0.39 is 17.8 Å². The van der Waals surface area contributed by atoms with Crippen molar-refractivity contribution in [3.8, 4) is 0 Å². The Hall–Kier alpha value is -2.05. The number of carbonyl (C=O) groups is 1. The molecule has 0 saturated heterocycles. The molecule has 2 aromatic heterocycles. The van der Waals surface area contributed by atoms with E-state index in [-0.39, 0.29) is 11.3 Å². The number of halogens is 3. The predicted molar refractivity (Wildman–Crippen MR) is 48.7 cm³/mol. The van der Waals surface area contributed by atoms with Crippen LogP contribution in [0, 0.1) is 0 Å². The molecule has 0 saturated carbocycles. The molecule has 84 valence electrons. The van der Waals surface area contributed by atoms with E-state index in [0.717, 1.165) is 12.3 Å². The molecule has 0 unspecified atom stereocenters. The number of imidazole rings is 1. The summed E-state index contributed by atoms with van der Waals surface area (Å²) in [6, 6.07) is 3.44. The van der Waals surface area contributed by atoms with Crippen molar-refractivity contribution in [2.75, 3.05) is 0 Å². The van der Waals surface area contributed by atoms with Crippen LogP contribution in [0.25, 0.3) is 5.65 Å². The van der Waals surface area contributed by atoms with Crippen LogP contribution in [0.2, 0.25) is 0 Å². The number of carbonyl (C=O) groups excluding carboxylic acids is 1. The quantitative estimate of drug-likeness (QED) is 0.804. The summed E-state index contributed by atoms with van der Waals surface area (Å²) in [5, 5.41) is 0. The molecule has 2 heterocycles. The molecule has 0 aliphatic rings. The summed E-state index contributed by atoms with van der Waals surface area (Å²) in [4.78, 5) is 14.6. The molecule has 2 aromatic rings. The van der Waals surface area contributed by atoms with Crippen molar-refractivity contribution in [1.82, 2.24) is 9.38 Å². The number of fused-ring (bicyclic) bond motifs is 1. The molecular weight excluding hydrogens is 223 g/mol. The van der Waals surface area contributed by atoms with E-state index in [1.54, 1.807) is 0 Å². The van der Waals surface area contributed by atoms with Gasteiger partial charge in [0.1, 0.15) is 17.0 Å². The minimum absolute atomic E-state index is 0.0311. The number of aromatic nitrogens is 2. The smallest absolute Gasteiger partial charge is 0.364 e. The second-order valence-corrected chi connectivity index (χ2v) is 3.11. The summed E-state index contributed by atoms with van der Waals surface area (Å²) >= 11 is 0. The fourth-order valence-electron chi connectivity index (χ4n) is 1.43. The van der Waals surface area contributed by atoms with Gasteiger partial charge in [0, 0.05) is 0 Å². The Kier molecular flexibility index (Phi) is 2.11. The zero-order valence-corrected chi connectivity index (χ0v) is 7.82. The topological polar surface area (TPSA) is 60.4 Å². The first-order valence-corrected chi connectivity index (χ1v) is 4.25. The molecule has 2 N–H and O–H groups in total. The Balaban J connectivity index is 2.84. The molecule has 0 bridgehead atoms. The predicted octanol–water partition coefficient (Wildman–Crippen LogP) is 1.45. The number of pyridine rings is 1. The Bertz CT molecular complexity index is 559. The highest BCUT2D eigenvalue weighted by molar-refractivity contribution is 5.91. The maximum Gasteiger partial charge on any atom is 0.431 e. The summed E-state index contributed by atoms with van der Waals surface area (Å²) in [5.74, 6) is -0.954. The zero-order valence-electron chi connectivity index (χ0n) is 7.82. The van der Waals surface area contributed by atoms with Gasteiger partial charge in [-0.15, -0.1) is 0 Å². The molecule has 0 radical (unpaired) electrons. The summed E-state index contributed by atoms with van der Waals surface area (Å²) in [6.07, 6.45) is -3.54. The highest BCUT2D eigenvalue weighted by atomic mass is 19.4. The number of rotatable bonds is 1. The summed E-state index contributed by atoms with van der Waals surface area (Å²) in [6.45, 7) is 0. The fraction of sp³-hybridized carbons (Fsp3) is 0.111. The van der Waals surface area contributed by atoms with Crippen LogP contribution in [0.3, 0.4) is 0 Å². The van der Waals surface area contributed by atoms with Gasteiger partial charge in [-0.25, -0.2) is 4.98 Å². The SMILES string of the molecule is NC(=O)c1cnc2cccc(C(F)(F)F)n12. The molecule has 0 aliphatic heterocycles. The second kappa shape index (κ2) is 3.22. The highest BCUT2D eigenvalue weighted by Crippen LogP contribution is 2.30. The second-order valence-electron chi connectivity index (χ2n) is 3.11. The Labute approximate surface area is 87.5 Å². The number of nitrogens with two attached hydrogens (primary N) is 1. The minimum Gasteiger partial charge on any atom is -0.364 e. The number of nitrogens with zero attached hydrogens (tertiary/aromatic N) is 2. The van der Waals surface area contributed by atoms with Crippen LogP contribution in [0.4, 0.5) is 13.2 Å². The van der Waals surface area contributed by atoms with Gasteiger partial charge in [0.2, 0.25) is 0 Å². The van der Waals surface area contributed by atoms with Crippen molar-refractivity contribution in [2.45, 2.75) is 6.18 Å². The van der Waals surface area contributed by atoms with Crippen LogP contribution in [0.5, 0.6) is 0 Å². The summed E-state index contributed by atoms with van der Waals surface area (Å²) in [7, 11) is 0. The van der Waals surface area contributed by atoms with Crippen molar-refractivity contribution < 1.29 is 18.0 Å². The van der Waals surface area contributed by atoms with Gasteiger partial charge in [-0.2, -0.15) is 13.2 Å². The first-order chi connectivity index (χ1) is 7.41. The standard InChI is InChI=1S/C9H6F3N3O/c10-9(11,12)6-2-1-3-7-14-4-5(8(13)16)15(6)7/h1-4H,(H2,13,16). The van der Waals surface area contributed by atoms with Crippen molar-refractivity contribution >= 4 is 11.6 Å². The van der Waals surface area contributed by atoms with Crippen molar-refractivity contribution in [3.63, 3.8) is 0 Å². The molecule has 7 heteroatoms. The first kappa shape index (κ1) is 10.5. The molecule has 0 spiro atoms. The highest BCUT2D eigenvalue weighted by Gasteiger charge is 2.34. The Morgan fingerprint density at radius 1 is 1.38 bits per heavy atom. The maximum atomic E-state index is 12.6. The molecule has 16 heavy (non-hydrogen) atoms. The van der Waals surface area contributed by atoms with Gasteiger partial charge < -0.3 is 5.73 Å². The summed E-state index contributed by atoms with van der Waals surface area (Å²) < 4.78 is 38.6. The minimum atomic E-state index is -4.57. The molecule has 2 rings (SSSR count). The molecule has 0 fully saturated rings. The van der Waals surface area contributed by atoms with Gasteiger partial charge in [0.05, 0.1) is 6.20 Å². The van der Waals surface area contributed by atoms with Crippen molar-refractivity contribution in [3.05, 3.63) is 35.8 Å². The third-order valence-corrected chi connectivity index (χ3v) is 2.07. The fourth-order valence-corrected chi connectivity index (χ4v) is 1.43. The lowest BCUT2D eigenvalue weighted by molar-refractivity contribution is -0.142. The van der Waals surface area contributed by atoms with Crippen LogP contribution in [-0.2, 0) is 6.18 Å². The first-order valence-electron chi connectivity index (χ1n) is 4.25. The van der Waals surface area contributed by atoms with Gasteiger partial charge in [-0.05, 0) is 12.1 Å². The number of primary amides is 1. The van der Waals surface area contributed by atoms with Crippen LogP contribution in [-0.4, -0.2) is 15.3 Å². The maximum absolute atomic E-state index is 12.6. The van der Waals surface area contributed by atoms with E-state index >= 15 is 0 Å². The Morgan fingerprint density at radius 3 is 2.62 bits per heavy atom. The average Bonchev–Trinajstić information content (AvgIpc) is 2.58. The third kappa shape index (κ3) is 1.50. The van der Waals surface area contributed by atoms with E-state index in [4.69, 9.17) is 5.73 Å². The molecule has 1 amide bonds. The number of alkyl halides is 3. The van der Waals surface area contributed by atoms with Crippen LogP contribution >= 0.6 is 0 Å². The van der Waals surface area contributed by atoms with E-state index in [0.29, 0.717) is 4.40 Å². The van der Waals surface area contributed by atoms with Crippen molar-refractivity contribution in [2.24, 2.45) is 5.73 Å². The molecule has 0 aromatic carbocycles. The lowest BCUT2D eigenvalue weighted by Gasteiger charge is -2.10. The van der Waals surface area contributed by atoms with E-state index in [2.05, 4.69) is 4.98 Å². The molecule has 4 nitrogen and oxygen atoms in total. The van der Waals surface area contributed by atoms with Gasteiger partial charge >= 0.3 is 6.18 Å². The monoisotopic (exact) mass is 229 g/mol. The molecular formula is C9H6F3N3O. The van der Waals surface area contributed by atoms with E-state index in [1.807, 2.05) is 0 Å². The van der Waals surface area contributed by atoms with Gasteiger partial charge in [-0.3, -0.25) is 9.20 Å². The summed E-state index contributed by atoms with van der Waals surface area (Å²) in [5.41, 5.74) is 3.74. The average molecular weight is 229 g/mol. The number of hydrogen-bond acceptors (Lipinski definition) is 2. The van der Waals surface area contributed by atoms with E-state index in [1.165, 1.54) is 12.1 Å². The van der Waals surface area contributed by atoms with Crippen molar-refractivity contribution in [1.29, 1.82) is 0 Å². The van der Waals surface area contributed by atoms with Gasteiger partial charge in [0.25, 0.3) is 5.91 Å². The zero-order chi connectivity index (χ0) is 11.9. The molecule has 0 aliphatic carbocycles. The van der Waals surface area contributed by atoms with Gasteiger partial charge in [-0.1, -0.05) is 6.07 Å². The van der Waals surface area contributed by atoms with Crippen LogP contribution in [0.1, 0.15) is 16.2 Å². The lowest BCUT2D eigenvalue weighted by atomic mass is 10.3. The number of amides is 1. The lowest BCUT2D eigenvalue weighted by Crippen LogP contribution is -2.18. The van der Waals surface area contributed by atoms with E-state index in [9.17, 15) is 18.0 Å². The largest absolute Gasteiger partial charge is 0.431 e. The van der Waals surface area contributed by atoms with Gasteiger partial charge in [0.15, 0.2) is 0 Å². The third-order valence-electron chi connectivity index (χ3n) is 2.07. The molecule has 0 atom stereocenters. The Morgan fingerprint density at radius 2 is 2.06 bits per heavy atom. The normalized spacial score (nSPS) is 11.9. The van der Waals surface area contributed by atoms with Crippen LogP contribution in [0.15, 0.2) is 24.4 Å². The van der Waals surface area contributed by atoms with Crippen LogP contribution < -0.4 is 5.73 Å². The number of hydrogen-bond donors (Lipinski definition) is 1.